The number of rotatable bonds is 5. The zero-order chi connectivity index (χ0) is 14.5. The van der Waals surface area contributed by atoms with E-state index >= 15 is 0 Å². The molecule has 106 valence electrons. The van der Waals surface area contributed by atoms with E-state index in [9.17, 15) is 4.79 Å². The van der Waals surface area contributed by atoms with Gasteiger partial charge < -0.3 is 4.90 Å². The van der Waals surface area contributed by atoms with Gasteiger partial charge in [0, 0.05) is 31.0 Å². The van der Waals surface area contributed by atoms with Crippen LogP contribution in [0, 0.1) is 5.92 Å². The van der Waals surface area contributed by atoms with Gasteiger partial charge in [-0.05, 0) is 28.5 Å². The van der Waals surface area contributed by atoms with Crippen LogP contribution < -0.4 is 0 Å². The lowest BCUT2D eigenvalue weighted by Gasteiger charge is -2.17. The molecule has 1 aliphatic heterocycles. The van der Waals surface area contributed by atoms with Crippen molar-refractivity contribution >= 4 is 5.91 Å². The number of hydrogen-bond donors (Lipinski definition) is 0. The Morgan fingerprint density at radius 3 is 2.70 bits per heavy atom. The summed E-state index contributed by atoms with van der Waals surface area (Å²) in [4.78, 5) is 16.5. The maximum atomic E-state index is 11.9. The van der Waals surface area contributed by atoms with Gasteiger partial charge in [0.05, 0.1) is 0 Å². The van der Waals surface area contributed by atoms with Crippen molar-refractivity contribution in [3.8, 4) is 0 Å². The van der Waals surface area contributed by atoms with E-state index in [1.807, 2.05) is 4.90 Å². The third-order valence-corrected chi connectivity index (χ3v) is 3.72. The molecule has 1 atom stereocenters. The summed E-state index contributed by atoms with van der Waals surface area (Å²) in [6.45, 7) is 6.07. The molecule has 5 nitrogen and oxygen atoms in total. The van der Waals surface area contributed by atoms with Crippen molar-refractivity contribution in [3.05, 3.63) is 45.8 Å². The molecule has 0 spiro atoms. The molecule has 1 heterocycles. The van der Waals surface area contributed by atoms with Crippen LogP contribution in [0.1, 0.15) is 37.3 Å². The average Bonchev–Trinajstić information content (AvgIpc) is 2.77. The van der Waals surface area contributed by atoms with Gasteiger partial charge in [-0.25, -0.2) is 0 Å². The molecule has 20 heavy (non-hydrogen) atoms. The standard InChI is InChI=1S/C15H20N4O/c1-11(2)14-5-3-12(4-6-14)9-19-10-13(7-15(19)20)8-17-18-16/h3-6,11,13H,7-10H2,1-2H3. The van der Waals surface area contributed by atoms with Crippen LogP contribution in [-0.2, 0) is 11.3 Å². The second kappa shape index (κ2) is 6.44. The third kappa shape index (κ3) is 3.52. The molecular formula is C15H20N4O. The molecule has 1 fully saturated rings. The fourth-order valence-electron chi connectivity index (χ4n) is 2.51. The van der Waals surface area contributed by atoms with Crippen LogP contribution in [0.3, 0.4) is 0 Å². The minimum absolute atomic E-state index is 0.149. The predicted octanol–water partition coefficient (Wildman–Crippen LogP) is 3.47. The molecule has 1 unspecified atom stereocenters. The van der Waals surface area contributed by atoms with Crippen LogP contribution in [0.15, 0.2) is 29.4 Å². The zero-order valence-electron chi connectivity index (χ0n) is 12.0. The lowest BCUT2D eigenvalue weighted by atomic mass is 10.0. The van der Waals surface area contributed by atoms with E-state index < -0.39 is 0 Å². The first-order chi connectivity index (χ1) is 9.60. The highest BCUT2D eigenvalue weighted by atomic mass is 16.2. The van der Waals surface area contributed by atoms with Gasteiger partial charge in [0.15, 0.2) is 0 Å². The number of benzene rings is 1. The lowest BCUT2D eigenvalue weighted by Crippen LogP contribution is -2.24. The summed E-state index contributed by atoms with van der Waals surface area (Å²) in [6, 6.07) is 8.42. The minimum atomic E-state index is 0.149. The fraction of sp³-hybridized carbons (Fsp3) is 0.533. The maximum absolute atomic E-state index is 11.9. The molecule has 1 saturated heterocycles. The molecule has 1 aromatic carbocycles. The Hall–Kier alpha value is -2.00. The molecule has 0 bridgehead atoms. The smallest absolute Gasteiger partial charge is 0.223 e. The van der Waals surface area contributed by atoms with Crippen molar-refractivity contribution in [2.75, 3.05) is 13.1 Å². The van der Waals surface area contributed by atoms with Crippen molar-refractivity contribution < 1.29 is 4.79 Å². The number of likely N-dealkylation sites (tertiary alicyclic amines) is 1. The maximum Gasteiger partial charge on any atom is 0.223 e. The fourth-order valence-corrected chi connectivity index (χ4v) is 2.51. The Kier molecular flexibility index (Phi) is 4.64. The molecule has 1 aliphatic rings. The molecule has 0 aliphatic carbocycles. The zero-order valence-corrected chi connectivity index (χ0v) is 12.0. The second-order valence-corrected chi connectivity index (χ2v) is 5.65. The Morgan fingerprint density at radius 2 is 2.10 bits per heavy atom. The molecule has 0 aromatic heterocycles. The van der Waals surface area contributed by atoms with E-state index in [1.165, 1.54) is 5.56 Å². The number of carbonyl (C=O) groups is 1. The highest BCUT2D eigenvalue weighted by Crippen LogP contribution is 2.21. The van der Waals surface area contributed by atoms with Crippen molar-refractivity contribution in [1.29, 1.82) is 0 Å². The first-order valence-corrected chi connectivity index (χ1v) is 6.97. The summed E-state index contributed by atoms with van der Waals surface area (Å²) < 4.78 is 0. The highest BCUT2D eigenvalue weighted by molar-refractivity contribution is 5.78. The van der Waals surface area contributed by atoms with Gasteiger partial charge in [-0.1, -0.05) is 43.2 Å². The minimum Gasteiger partial charge on any atom is -0.338 e. The summed E-state index contributed by atoms with van der Waals surface area (Å²) in [5, 5.41) is 3.56. The van der Waals surface area contributed by atoms with Gasteiger partial charge in [0.2, 0.25) is 5.91 Å². The molecule has 0 N–H and O–H groups in total. The second-order valence-electron chi connectivity index (χ2n) is 5.65. The number of nitrogens with zero attached hydrogens (tertiary/aromatic N) is 4. The van der Waals surface area contributed by atoms with Crippen molar-refractivity contribution in [2.45, 2.75) is 32.7 Å². The molecule has 2 rings (SSSR count). The van der Waals surface area contributed by atoms with Crippen LogP contribution in [0.5, 0.6) is 0 Å². The Bertz CT molecular complexity index is 517. The monoisotopic (exact) mass is 272 g/mol. The summed E-state index contributed by atoms with van der Waals surface area (Å²) in [6.07, 6.45) is 0.489. The van der Waals surface area contributed by atoms with Gasteiger partial charge in [0.1, 0.15) is 0 Å². The Balaban J connectivity index is 1.96. The van der Waals surface area contributed by atoms with E-state index in [0.29, 0.717) is 32.0 Å². The van der Waals surface area contributed by atoms with E-state index in [4.69, 9.17) is 5.53 Å². The van der Waals surface area contributed by atoms with Crippen molar-refractivity contribution in [2.24, 2.45) is 11.0 Å². The number of hydrogen-bond acceptors (Lipinski definition) is 2. The number of carbonyl (C=O) groups excluding carboxylic acids is 1. The van der Waals surface area contributed by atoms with E-state index in [1.54, 1.807) is 0 Å². The molecule has 0 saturated carbocycles. The summed E-state index contributed by atoms with van der Waals surface area (Å²) in [7, 11) is 0. The summed E-state index contributed by atoms with van der Waals surface area (Å²) in [5.74, 6) is 0.829. The topological polar surface area (TPSA) is 69.1 Å². The summed E-state index contributed by atoms with van der Waals surface area (Å²) >= 11 is 0. The first-order valence-electron chi connectivity index (χ1n) is 6.97. The largest absolute Gasteiger partial charge is 0.338 e. The van der Waals surface area contributed by atoms with Gasteiger partial charge >= 0.3 is 0 Å². The molecule has 5 heteroatoms. The van der Waals surface area contributed by atoms with Gasteiger partial charge in [0.25, 0.3) is 0 Å². The highest BCUT2D eigenvalue weighted by Gasteiger charge is 2.28. The number of amides is 1. The van der Waals surface area contributed by atoms with E-state index in [-0.39, 0.29) is 11.8 Å². The molecule has 1 aromatic rings. The Morgan fingerprint density at radius 1 is 1.40 bits per heavy atom. The summed E-state index contributed by atoms with van der Waals surface area (Å²) in [5.41, 5.74) is 10.8. The molecular weight excluding hydrogens is 252 g/mol. The van der Waals surface area contributed by atoms with Crippen LogP contribution in [0.25, 0.3) is 10.4 Å². The van der Waals surface area contributed by atoms with Gasteiger partial charge in [-0.15, -0.1) is 0 Å². The molecule has 0 radical (unpaired) electrons. The number of azide groups is 1. The Labute approximate surface area is 119 Å². The van der Waals surface area contributed by atoms with Crippen LogP contribution in [0.4, 0.5) is 0 Å². The first kappa shape index (κ1) is 14.4. The lowest BCUT2D eigenvalue weighted by molar-refractivity contribution is -0.128. The van der Waals surface area contributed by atoms with Crippen molar-refractivity contribution in [3.63, 3.8) is 0 Å². The van der Waals surface area contributed by atoms with E-state index in [2.05, 4.69) is 48.1 Å². The van der Waals surface area contributed by atoms with Crippen LogP contribution in [-0.4, -0.2) is 23.9 Å². The average molecular weight is 272 g/mol. The van der Waals surface area contributed by atoms with Crippen molar-refractivity contribution in [1.82, 2.24) is 4.90 Å². The molecule has 1 amide bonds. The van der Waals surface area contributed by atoms with Crippen LogP contribution >= 0.6 is 0 Å². The predicted molar refractivity (Wildman–Crippen MR) is 78.1 cm³/mol. The normalized spacial score (nSPS) is 18.4. The van der Waals surface area contributed by atoms with Gasteiger partial charge in [-0.3, -0.25) is 4.79 Å². The quantitative estimate of drug-likeness (QED) is 0.459. The van der Waals surface area contributed by atoms with Gasteiger partial charge in [-0.2, -0.15) is 0 Å². The van der Waals surface area contributed by atoms with Crippen LogP contribution in [0.2, 0.25) is 0 Å². The SMILES string of the molecule is CC(C)c1ccc(CN2CC(CN=[N+]=[N-])CC2=O)cc1. The van der Waals surface area contributed by atoms with E-state index in [0.717, 1.165) is 5.56 Å². The third-order valence-electron chi connectivity index (χ3n) is 3.72.